The highest BCUT2D eigenvalue weighted by molar-refractivity contribution is 5.84. The molecule has 2 aliphatic heterocycles. The number of nitrogens with zero attached hydrogens (tertiary/aromatic N) is 1. The van der Waals surface area contributed by atoms with Crippen molar-refractivity contribution in [2.45, 2.75) is 108 Å². The summed E-state index contributed by atoms with van der Waals surface area (Å²) in [6.45, 7) is 4.51. The molecule has 4 amide bonds. The van der Waals surface area contributed by atoms with Crippen molar-refractivity contribution in [2.24, 2.45) is 0 Å². The molecule has 2 aliphatic rings. The summed E-state index contributed by atoms with van der Waals surface area (Å²) in [7, 11) is 0. The third kappa shape index (κ3) is 15.1. The third-order valence-electron chi connectivity index (χ3n) is 7.91. The first-order chi connectivity index (χ1) is 23.2. The number of amides is 4. The van der Waals surface area contributed by atoms with Crippen LogP contribution in [0.25, 0.3) is 0 Å². The summed E-state index contributed by atoms with van der Waals surface area (Å²) in [6.07, 6.45) is -10.1. The van der Waals surface area contributed by atoms with Crippen LogP contribution < -0.4 is 21.3 Å². The first kappa shape index (κ1) is 42.6. The molecule has 0 saturated carbocycles. The minimum Gasteiger partial charge on any atom is -0.388 e. The lowest BCUT2D eigenvalue weighted by Gasteiger charge is -2.38. The van der Waals surface area contributed by atoms with E-state index in [1.807, 2.05) is 6.92 Å². The van der Waals surface area contributed by atoms with Crippen LogP contribution in [0.3, 0.4) is 0 Å². The average Bonchev–Trinajstić information content (AvgIpc) is 3.05. The fourth-order valence-corrected chi connectivity index (χ4v) is 5.08. The molecule has 0 aliphatic carbocycles. The third-order valence-corrected chi connectivity index (χ3v) is 7.91. The zero-order valence-corrected chi connectivity index (χ0v) is 28.4. The number of unbranched alkanes of at least 4 members (excludes halogenated alkanes) is 2. The van der Waals surface area contributed by atoms with E-state index in [2.05, 4.69) is 21.3 Å². The molecular weight excluding hydrogens is 654 g/mol. The maximum Gasteiger partial charge on any atom is 0.234 e. The first-order valence-corrected chi connectivity index (χ1v) is 16.7. The summed E-state index contributed by atoms with van der Waals surface area (Å²) in [5.41, 5.74) is 0. The number of ether oxygens (including phenoxy) is 4. The smallest absolute Gasteiger partial charge is 0.234 e. The Kier molecular flexibility index (Phi) is 19.4. The lowest BCUT2D eigenvalue weighted by molar-refractivity contribution is -0.292. The number of carbonyl (C=O) groups excluding carboxylic acids is 4. The maximum absolute atomic E-state index is 12.7. The second kappa shape index (κ2) is 22.3. The van der Waals surface area contributed by atoms with Gasteiger partial charge in [0.15, 0.2) is 12.6 Å². The Morgan fingerprint density at radius 2 is 1.00 bits per heavy atom. The Balaban J connectivity index is 1.81. The van der Waals surface area contributed by atoms with Gasteiger partial charge in [0.05, 0.1) is 45.1 Å². The van der Waals surface area contributed by atoms with Gasteiger partial charge in [-0.3, -0.25) is 24.1 Å². The van der Waals surface area contributed by atoms with Crippen molar-refractivity contribution in [3.63, 3.8) is 0 Å². The van der Waals surface area contributed by atoms with E-state index in [4.69, 9.17) is 18.9 Å². The molecule has 0 aromatic carbocycles. The van der Waals surface area contributed by atoms with Crippen LogP contribution in [0.1, 0.15) is 46.5 Å². The van der Waals surface area contributed by atoms with Crippen molar-refractivity contribution in [2.75, 3.05) is 59.0 Å². The Labute approximate surface area is 285 Å². The molecule has 2 saturated heterocycles. The van der Waals surface area contributed by atoms with Gasteiger partial charge in [0.2, 0.25) is 23.6 Å². The first-order valence-electron chi connectivity index (χ1n) is 16.7. The molecule has 0 aromatic rings. The molecule has 0 spiro atoms. The zero-order chi connectivity index (χ0) is 36.5. The van der Waals surface area contributed by atoms with Crippen molar-refractivity contribution in [1.82, 2.24) is 26.2 Å². The van der Waals surface area contributed by atoms with E-state index in [0.29, 0.717) is 32.4 Å². The fourth-order valence-electron chi connectivity index (χ4n) is 5.08. The van der Waals surface area contributed by atoms with Gasteiger partial charge in [0, 0.05) is 32.6 Å². The number of hydrogen-bond donors (Lipinski definition) is 10. The van der Waals surface area contributed by atoms with E-state index < -0.39 is 79.1 Å². The van der Waals surface area contributed by atoms with Gasteiger partial charge < -0.3 is 70.9 Å². The van der Waals surface area contributed by atoms with Crippen molar-refractivity contribution < 1.29 is 68.8 Å². The van der Waals surface area contributed by atoms with Crippen LogP contribution in [0.15, 0.2) is 0 Å². The fraction of sp³-hybridized carbons (Fsp3) is 0.867. The zero-order valence-electron chi connectivity index (χ0n) is 28.4. The number of nitrogens with one attached hydrogen (secondary N) is 4. The van der Waals surface area contributed by atoms with Crippen LogP contribution >= 0.6 is 0 Å². The molecular formula is C30H55N5O14. The number of hydrogen-bond acceptors (Lipinski definition) is 15. The topological polar surface area (TPSA) is 278 Å². The van der Waals surface area contributed by atoms with Gasteiger partial charge >= 0.3 is 0 Å². The molecule has 284 valence electrons. The van der Waals surface area contributed by atoms with Gasteiger partial charge in [-0.05, 0) is 33.6 Å². The molecule has 2 rings (SSSR count). The van der Waals surface area contributed by atoms with Gasteiger partial charge in [0.25, 0.3) is 0 Å². The largest absolute Gasteiger partial charge is 0.388 e. The highest BCUT2D eigenvalue weighted by Crippen LogP contribution is 2.22. The molecule has 0 bridgehead atoms. The summed E-state index contributed by atoms with van der Waals surface area (Å²) in [5, 5.41) is 70.2. The standard InChI is InChI=1S/C30H55N5O14/c1-4-31-19(36)8-6-5-7-9-32-20(37)14-35(15-21(38)33-10-12-46-29-27(44)25(42)23(40)17(2)48-29)16-22(39)34-11-13-47-30-28(45)26(43)24(41)18(3)49-30/h17-18,23-30,40-45H,4-16H2,1-3H3,(H,31,36)(H,32,37)(H,33,38)(H,34,39)/t17-,18-,23+,24+,25+,26+,27-,28-,29-,30-/m0/s1. The van der Waals surface area contributed by atoms with Crippen LogP contribution in [0.5, 0.6) is 0 Å². The Morgan fingerprint density at radius 1 is 0.571 bits per heavy atom. The van der Waals surface area contributed by atoms with E-state index in [1.165, 1.54) is 18.7 Å². The van der Waals surface area contributed by atoms with Gasteiger partial charge in [-0.15, -0.1) is 0 Å². The van der Waals surface area contributed by atoms with Gasteiger partial charge in [-0.25, -0.2) is 0 Å². The van der Waals surface area contributed by atoms with Crippen LogP contribution in [0.4, 0.5) is 0 Å². The van der Waals surface area contributed by atoms with E-state index in [9.17, 15) is 49.8 Å². The summed E-state index contributed by atoms with van der Waals surface area (Å²) in [6, 6.07) is 0. The quantitative estimate of drug-likeness (QED) is 0.0500. The van der Waals surface area contributed by atoms with Crippen molar-refractivity contribution in [3.8, 4) is 0 Å². The Hall–Kier alpha value is -2.56. The number of carbonyl (C=O) groups is 4. The van der Waals surface area contributed by atoms with E-state index in [-0.39, 0.29) is 51.8 Å². The maximum atomic E-state index is 12.7. The second-order valence-corrected chi connectivity index (χ2v) is 12.1. The highest BCUT2D eigenvalue weighted by atomic mass is 16.7. The second-order valence-electron chi connectivity index (χ2n) is 12.1. The van der Waals surface area contributed by atoms with Crippen LogP contribution in [0.2, 0.25) is 0 Å². The minimum absolute atomic E-state index is 0.0295. The molecule has 0 unspecified atom stereocenters. The van der Waals surface area contributed by atoms with Crippen molar-refractivity contribution >= 4 is 23.6 Å². The Bertz CT molecular complexity index is 972. The molecule has 19 nitrogen and oxygen atoms in total. The van der Waals surface area contributed by atoms with Crippen molar-refractivity contribution in [3.05, 3.63) is 0 Å². The minimum atomic E-state index is -1.50. The monoisotopic (exact) mass is 709 g/mol. The summed E-state index contributed by atoms with van der Waals surface area (Å²) >= 11 is 0. The molecule has 10 N–H and O–H groups in total. The normalized spacial score (nSPS) is 30.1. The highest BCUT2D eigenvalue weighted by Gasteiger charge is 2.43. The average molecular weight is 710 g/mol. The van der Waals surface area contributed by atoms with E-state index in [1.54, 1.807) is 0 Å². The van der Waals surface area contributed by atoms with E-state index >= 15 is 0 Å². The van der Waals surface area contributed by atoms with Crippen LogP contribution in [-0.2, 0) is 38.1 Å². The SMILES string of the molecule is CCNC(=O)CCCCCNC(=O)CN(CC(=O)NCCO[C@H]1O[C@@H](C)[C@@H](O)[C@@H](O)[C@@H]1O)CC(=O)NCCO[C@H]1O[C@@H](C)[C@@H](O)[C@@H](O)[C@@H]1O. The number of aliphatic hydroxyl groups excluding tert-OH is 6. The van der Waals surface area contributed by atoms with Gasteiger partial charge in [0.1, 0.15) is 36.6 Å². The molecule has 0 radical (unpaired) electrons. The van der Waals surface area contributed by atoms with Crippen molar-refractivity contribution in [1.29, 1.82) is 0 Å². The molecule has 49 heavy (non-hydrogen) atoms. The molecule has 19 heteroatoms. The summed E-state index contributed by atoms with van der Waals surface area (Å²) in [4.78, 5) is 50.9. The van der Waals surface area contributed by atoms with Crippen LogP contribution in [-0.4, -0.2) is 180 Å². The van der Waals surface area contributed by atoms with E-state index in [0.717, 1.165) is 6.42 Å². The molecule has 2 heterocycles. The lowest BCUT2D eigenvalue weighted by atomic mass is 10.0. The summed E-state index contributed by atoms with van der Waals surface area (Å²) in [5.74, 6) is -1.53. The molecule has 2 fully saturated rings. The lowest BCUT2D eigenvalue weighted by Crippen LogP contribution is -2.57. The van der Waals surface area contributed by atoms with Gasteiger partial charge in [-0.1, -0.05) is 6.42 Å². The Morgan fingerprint density at radius 3 is 1.43 bits per heavy atom. The number of aliphatic hydroxyl groups is 6. The number of rotatable bonds is 21. The van der Waals surface area contributed by atoms with Gasteiger partial charge in [-0.2, -0.15) is 0 Å². The summed E-state index contributed by atoms with van der Waals surface area (Å²) < 4.78 is 21.5. The molecule has 10 atom stereocenters. The molecule has 0 aromatic heterocycles. The predicted octanol–water partition coefficient (Wildman–Crippen LogP) is -4.98. The predicted molar refractivity (Wildman–Crippen MR) is 169 cm³/mol. The van der Waals surface area contributed by atoms with Crippen LogP contribution in [0, 0.1) is 0 Å².